The van der Waals surface area contributed by atoms with Crippen LogP contribution in [-0.4, -0.2) is 14.6 Å². The van der Waals surface area contributed by atoms with Gasteiger partial charge in [0.25, 0.3) is 10.0 Å². The summed E-state index contributed by atoms with van der Waals surface area (Å²) < 4.78 is 24.4. The van der Waals surface area contributed by atoms with Crippen molar-refractivity contribution < 1.29 is 13.1 Å². The molecule has 2 aromatic rings. The zero-order valence-corrected chi connectivity index (χ0v) is 11.5. The van der Waals surface area contributed by atoms with E-state index in [1.54, 1.807) is 24.3 Å². The van der Waals surface area contributed by atoms with E-state index in [0.717, 1.165) is 5.56 Å². The number of aryl methyl sites for hydroxylation is 1. The van der Waals surface area contributed by atoms with Crippen LogP contribution in [0.2, 0.25) is 0 Å². The van der Waals surface area contributed by atoms with Gasteiger partial charge in [-0.05, 0) is 25.1 Å². The first-order valence-electron chi connectivity index (χ1n) is 5.78. The number of rotatable bonds is 4. The van der Waals surface area contributed by atoms with Crippen LogP contribution in [0.25, 0.3) is 0 Å². The van der Waals surface area contributed by atoms with Gasteiger partial charge >= 0.3 is 0 Å². The summed E-state index contributed by atoms with van der Waals surface area (Å²) >= 11 is 0. The Bertz CT molecular complexity index is 725. The van der Waals surface area contributed by atoms with Crippen LogP contribution in [0.5, 0.6) is 0 Å². The van der Waals surface area contributed by atoms with Gasteiger partial charge in [0.15, 0.2) is 12.4 Å². The van der Waals surface area contributed by atoms with Crippen LogP contribution in [0.1, 0.15) is 11.1 Å². The molecular weight excluding hydrogens is 278 g/mol. The van der Waals surface area contributed by atoms with Crippen LogP contribution < -0.4 is 9.56 Å². The number of sulfonamides is 1. The van der Waals surface area contributed by atoms with Crippen molar-refractivity contribution in [2.24, 2.45) is 5.10 Å². The third kappa shape index (κ3) is 3.55. The molecule has 104 valence electrons. The third-order valence-electron chi connectivity index (χ3n) is 2.52. The molecule has 0 bridgehead atoms. The number of pyridine rings is 1. The van der Waals surface area contributed by atoms with Gasteiger partial charge in [0, 0.05) is 6.07 Å². The largest absolute Gasteiger partial charge is 0.619 e. The van der Waals surface area contributed by atoms with Crippen molar-refractivity contribution in [2.45, 2.75) is 11.8 Å². The second-order valence-corrected chi connectivity index (χ2v) is 5.82. The fourth-order valence-corrected chi connectivity index (χ4v) is 2.28. The molecule has 20 heavy (non-hydrogen) atoms. The first-order valence-corrected chi connectivity index (χ1v) is 7.26. The highest BCUT2D eigenvalue weighted by molar-refractivity contribution is 7.89. The molecule has 1 heterocycles. The minimum atomic E-state index is -3.69. The molecule has 0 unspecified atom stereocenters. The average Bonchev–Trinajstić information content (AvgIpc) is 2.39. The number of hydrogen-bond acceptors (Lipinski definition) is 4. The third-order valence-corrected chi connectivity index (χ3v) is 3.75. The molecule has 6 nitrogen and oxygen atoms in total. The smallest absolute Gasteiger partial charge is 0.276 e. The Morgan fingerprint density at radius 1 is 1.25 bits per heavy atom. The van der Waals surface area contributed by atoms with Crippen molar-refractivity contribution in [2.75, 3.05) is 0 Å². The topological polar surface area (TPSA) is 85.5 Å². The number of nitrogens with one attached hydrogen (secondary N) is 1. The molecule has 2 rings (SSSR count). The second-order valence-electron chi connectivity index (χ2n) is 4.16. The van der Waals surface area contributed by atoms with Crippen molar-refractivity contribution in [3.05, 3.63) is 65.1 Å². The average molecular weight is 291 g/mol. The molecule has 0 saturated heterocycles. The molecule has 0 radical (unpaired) electrons. The Hall–Kier alpha value is -2.41. The number of aromatic nitrogens is 1. The Morgan fingerprint density at radius 3 is 2.60 bits per heavy atom. The van der Waals surface area contributed by atoms with Gasteiger partial charge in [-0.1, -0.05) is 17.7 Å². The lowest BCUT2D eigenvalue weighted by molar-refractivity contribution is -0.605. The zero-order valence-electron chi connectivity index (χ0n) is 10.7. The van der Waals surface area contributed by atoms with Gasteiger partial charge in [-0.2, -0.15) is 18.2 Å². The Kier molecular flexibility index (Phi) is 3.99. The van der Waals surface area contributed by atoms with Gasteiger partial charge in [0.1, 0.15) is 0 Å². The molecule has 0 atom stereocenters. The lowest BCUT2D eigenvalue weighted by Gasteiger charge is -2.03. The van der Waals surface area contributed by atoms with Crippen LogP contribution in [0.3, 0.4) is 0 Å². The van der Waals surface area contributed by atoms with Crippen molar-refractivity contribution in [1.82, 2.24) is 4.83 Å². The maximum atomic E-state index is 11.9. The van der Waals surface area contributed by atoms with E-state index in [2.05, 4.69) is 9.93 Å². The van der Waals surface area contributed by atoms with E-state index >= 15 is 0 Å². The fraction of sp³-hybridized carbons (Fsp3) is 0.0769. The standard InChI is InChI=1S/C13H13N3O3S/c1-11-4-6-13(7-5-11)20(18,19)15-14-9-12-3-2-8-16(17)10-12/h2-10,15H,1H3/b14-9-. The number of benzene rings is 1. The monoisotopic (exact) mass is 291 g/mol. The van der Waals surface area contributed by atoms with Gasteiger partial charge < -0.3 is 5.21 Å². The summed E-state index contributed by atoms with van der Waals surface area (Å²) in [5.74, 6) is 0. The summed E-state index contributed by atoms with van der Waals surface area (Å²) in [4.78, 5) is 2.22. The van der Waals surface area contributed by atoms with E-state index in [1.165, 1.54) is 30.7 Å². The summed E-state index contributed by atoms with van der Waals surface area (Å²) in [6.07, 6.45) is 3.87. The summed E-state index contributed by atoms with van der Waals surface area (Å²) in [7, 11) is -3.69. The maximum Gasteiger partial charge on any atom is 0.276 e. The van der Waals surface area contributed by atoms with Crippen molar-refractivity contribution >= 4 is 16.2 Å². The fourth-order valence-electron chi connectivity index (χ4n) is 1.49. The molecule has 0 saturated carbocycles. The molecule has 0 aliphatic heterocycles. The lowest BCUT2D eigenvalue weighted by atomic mass is 10.2. The predicted molar refractivity (Wildman–Crippen MR) is 74.5 cm³/mol. The van der Waals surface area contributed by atoms with Crippen LogP contribution in [0.4, 0.5) is 0 Å². The molecule has 0 aliphatic carbocycles. The molecule has 0 fully saturated rings. The van der Waals surface area contributed by atoms with Crippen molar-refractivity contribution in [3.63, 3.8) is 0 Å². The normalized spacial score (nSPS) is 11.7. The zero-order chi connectivity index (χ0) is 14.6. The van der Waals surface area contributed by atoms with E-state index in [-0.39, 0.29) is 4.90 Å². The van der Waals surface area contributed by atoms with Gasteiger partial charge in [0.2, 0.25) is 0 Å². The first kappa shape index (κ1) is 14.0. The molecule has 0 amide bonds. The highest BCUT2D eigenvalue weighted by Crippen LogP contribution is 2.09. The molecule has 1 aromatic heterocycles. The van der Waals surface area contributed by atoms with Crippen LogP contribution in [-0.2, 0) is 10.0 Å². The Morgan fingerprint density at radius 2 is 1.95 bits per heavy atom. The van der Waals surface area contributed by atoms with E-state index in [4.69, 9.17) is 0 Å². The lowest BCUT2D eigenvalue weighted by Crippen LogP contribution is -2.25. The van der Waals surface area contributed by atoms with Gasteiger partial charge in [-0.3, -0.25) is 0 Å². The summed E-state index contributed by atoms with van der Waals surface area (Å²) in [6.45, 7) is 1.87. The summed E-state index contributed by atoms with van der Waals surface area (Å²) in [5, 5.41) is 14.7. The number of hydrogen-bond donors (Lipinski definition) is 1. The number of nitrogens with zero attached hydrogens (tertiary/aromatic N) is 2. The molecule has 7 heteroatoms. The van der Waals surface area contributed by atoms with Crippen molar-refractivity contribution in [1.29, 1.82) is 0 Å². The van der Waals surface area contributed by atoms with Gasteiger partial charge in [-0.15, -0.1) is 0 Å². The van der Waals surface area contributed by atoms with Gasteiger partial charge in [-0.25, -0.2) is 4.83 Å². The number of hydrazone groups is 1. The van der Waals surface area contributed by atoms with E-state index < -0.39 is 10.0 Å². The SMILES string of the molecule is Cc1ccc(S(=O)(=O)N/N=C\c2ccc[n+]([O-])c2)cc1. The van der Waals surface area contributed by atoms with E-state index in [0.29, 0.717) is 10.3 Å². The Labute approximate surface area is 117 Å². The maximum absolute atomic E-state index is 11.9. The Balaban J connectivity index is 2.11. The molecule has 0 spiro atoms. The van der Waals surface area contributed by atoms with Crippen LogP contribution >= 0.6 is 0 Å². The van der Waals surface area contributed by atoms with Crippen LogP contribution in [0, 0.1) is 12.1 Å². The summed E-state index contributed by atoms with van der Waals surface area (Å²) in [6, 6.07) is 9.59. The second kappa shape index (κ2) is 5.70. The molecule has 1 aromatic carbocycles. The quantitative estimate of drug-likeness (QED) is 0.394. The minimum absolute atomic E-state index is 0.132. The molecule has 1 N–H and O–H groups in total. The minimum Gasteiger partial charge on any atom is -0.619 e. The van der Waals surface area contributed by atoms with E-state index in [1.807, 2.05) is 6.92 Å². The highest BCUT2D eigenvalue weighted by atomic mass is 32.2. The predicted octanol–water partition coefficient (Wildman–Crippen LogP) is 0.941. The van der Waals surface area contributed by atoms with Crippen molar-refractivity contribution in [3.8, 4) is 0 Å². The molecule has 0 aliphatic rings. The van der Waals surface area contributed by atoms with Crippen LogP contribution in [0.15, 0.2) is 58.8 Å². The highest BCUT2D eigenvalue weighted by Gasteiger charge is 2.11. The van der Waals surface area contributed by atoms with Gasteiger partial charge in [0.05, 0.1) is 16.7 Å². The molecular formula is C13H13N3O3S. The first-order chi connectivity index (χ1) is 9.47. The summed E-state index contributed by atoms with van der Waals surface area (Å²) in [5.41, 5.74) is 1.46. The van der Waals surface area contributed by atoms with E-state index in [9.17, 15) is 13.6 Å².